The lowest BCUT2D eigenvalue weighted by Gasteiger charge is -2.16. The van der Waals surface area contributed by atoms with Crippen LogP contribution >= 0.6 is 0 Å². The van der Waals surface area contributed by atoms with Gasteiger partial charge in [-0.25, -0.2) is 17.8 Å². The third-order valence-electron chi connectivity index (χ3n) is 4.94. The van der Waals surface area contributed by atoms with E-state index in [9.17, 15) is 12.8 Å². The molecule has 9 heteroatoms. The minimum absolute atomic E-state index is 0.0125. The number of sulfonamides is 1. The van der Waals surface area contributed by atoms with Crippen LogP contribution in [0.15, 0.2) is 53.9 Å². The molecule has 3 aromatic rings. The maximum atomic E-state index is 13.4. The smallest absolute Gasteiger partial charge is 0.262 e. The summed E-state index contributed by atoms with van der Waals surface area (Å²) < 4.78 is 42.2. The Morgan fingerprint density at radius 2 is 2.03 bits per heavy atom. The van der Waals surface area contributed by atoms with Gasteiger partial charge in [-0.2, -0.15) is 4.31 Å². The van der Waals surface area contributed by atoms with Gasteiger partial charge in [0.25, 0.3) is 10.0 Å². The zero-order chi connectivity index (χ0) is 20.6. The lowest BCUT2D eigenvalue weighted by atomic mass is 10.0. The maximum absolute atomic E-state index is 13.4. The van der Waals surface area contributed by atoms with E-state index in [1.807, 2.05) is 19.1 Å². The number of aryl methyl sites for hydroxylation is 2. The fraction of sp³-hybridized carbons (Fsp3) is 0.300. The normalized spacial score (nSPS) is 17.6. The van der Waals surface area contributed by atoms with Gasteiger partial charge in [0.05, 0.1) is 6.33 Å². The van der Waals surface area contributed by atoms with Crippen LogP contribution in [0, 0.1) is 12.7 Å². The van der Waals surface area contributed by atoms with Crippen LogP contribution in [-0.2, 0) is 17.1 Å². The molecule has 7 nitrogen and oxygen atoms in total. The van der Waals surface area contributed by atoms with Gasteiger partial charge in [-0.05, 0) is 43.7 Å². The van der Waals surface area contributed by atoms with Crippen LogP contribution in [0.1, 0.15) is 23.7 Å². The van der Waals surface area contributed by atoms with Crippen molar-refractivity contribution in [2.75, 3.05) is 18.4 Å². The number of nitrogens with one attached hydrogen (secondary N) is 1. The molecule has 1 N–H and O–H groups in total. The van der Waals surface area contributed by atoms with E-state index in [1.165, 1.54) is 29.0 Å². The van der Waals surface area contributed by atoms with Crippen molar-refractivity contribution in [2.45, 2.75) is 24.3 Å². The van der Waals surface area contributed by atoms with Crippen molar-refractivity contribution >= 4 is 21.4 Å². The van der Waals surface area contributed by atoms with Crippen molar-refractivity contribution in [2.24, 2.45) is 7.05 Å². The minimum Gasteiger partial charge on any atom is -0.355 e. The molecule has 1 aliphatic rings. The Morgan fingerprint density at radius 1 is 1.21 bits per heavy atom. The highest BCUT2D eigenvalue weighted by atomic mass is 32.2. The number of nitrogens with zero attached hydrogens (tertiary/aromatic N) is 4. The van der Waals surface area contributed by atoms with Gasteiger partial charge in [0.15, 0.2) is 5.03 Å². The van der Waals surface area contributed by atoms with Crippen molar-refractivity contribution in [3.63, 3.8) is 0 Å². The Hall–Kier alpha value is -2.78. The molecule has 0 bridgehead atoms. The molecule has 1 saturated heterocycles. The van der Waals surface area contributed by atoms with Crippen molar-refractivity contribution < 1.29 is 12.8 Å². The Labute approximate surface area is 169 Å². The van der Waals surface area contributed by atoms with E-state index >= 15 is 0 Å². The molecule has 29 heavy (non-hydrogen) atoms. The number of benzene rings is 1. The number of halogens is 1. The van der Waals surface area contributed by atoms with E-state index in [2.05, 4.69) is 15.3 Å². The van der Waals surface area contributed by atoms with E-state index in [0.29, 0.717) is 25.2 Å². The molecule has 1 aromatic carbocycles. The summed E-state index contributed by atoms with van der Waals surface area (Å²) in [5, 5.41) is 3.26. The van der Waals surface area contributed by atoms with Gasteiger partial charge < -0.3 is 9.88 Å². The first kappa shape index (κ1) is 19.5. The third kappa shape index (κ3) is 4.15. The van der Waals surface area contributed by atoms with Gasteiger partial charge in [0, 0.05) is 55.0 Å². The second-order valence-electron chi connectivity index (χ2n) is 7.28. The quantitative estimate of drug-likeness (QED) is 0.692. The van der Waals surface area contributed by atoms with Crippen molar-refractivity contribution in [3.8, 4) is 0 Å². The Morgan fingerprint density at radius 3 is 2.76 bits per heavy atom. The van der Waals surface area contributed by atoms with E-state index in [-0.39, 0.29) is 16.8 Å². The number of hydrogen-bond acceptors (Lipinski definition) is 5. The molecule has 2 aromatic heterocycles. The fourth-order valence-corrected chi connectivity index (χ4v) is 5.02. The first-order valence-corrected chi connectivity index (χ1v) is 10.7. The summed E-state index contributed by atoms with van der Waals surface area (Å²) in [4.78, 5) is 8.60. The maximum Gasteiger partial charge on any atom is 0.262 e. The van der Waals surface area contributed by atoms with Crippen LogP contribution in [0.5, 0.6) is 0 Å². The number of aromatic nitrogens is 3. The molecule has 1 unspecified atom stereocenters. The zero-order valence-corrected chi connectivity index (χ0v) is 17.0. The van der Waals surface area contributed by atoms with Gasteiger partial charge >= 0.3 is 0 Å². The summed E-state index contributed by atoms with van der Waals surface area (Å²) >= 11 is 0. The Kier molecular flexibility index (Phi) is 5.10. The van der Waals surface area contributed by atoms with Gasteiger partial charge in [-0.15, -0.1) is 0 Å². The van der Waals surface area contributed by atoms with Crippen LogP contribution in [-0.4, -0.2) is 40.3 Å². The van der Waals surface area contributed by atoms with Crippen LogP contribution < -0.4 is 5.32 Å². The summed E-state index contributed by atoms with van der Waals surface area (Å²) in [6.07, 6.45) is 3.67. The average molecular weight is 415 g/mol. The highest BCUT2D eigenvalue weighted by molar-refractivity contribution is 7.89. The Bertz CT molecular complexity index is 1150. The minimum atomic E-state index is -3.62. The average Bonchev–Trinajstić information content (AvgIpc) is 3.31. The Balaban J connectivity index is 1.54. The fourth-order valence-electron chi connectivity index (χ4n) is 3.55. The van der Waals surface area contributed by atoms with Crippen molar-refractivity contribution in [1.82, 2.24) is 18.8 Å². The molecule has 152 valence electrons. The van der Waals surface area contributed by atoms with E-state index in [1.54, 1.807) is 23.7 Å². The summed E-state index contributed by atoms with van der Waals surface area (Å²) in [6.45, 7) is 2.66. The summed E-state index contributed by atoms with van der Waals surface area (Å²) in [6, 6.07) is 10.0. The van der Waals surface area contributed by atoms with E-state index in [4.69, 9.17) is 0 Å². The second-order valence-corrected chi connectivity index (χ2v) is 9.17. The third-order valence-corrected chi connectivity index (χ3v) is 6.69. The number of imidazole rings is 1. The van der Waals surface area contributed by atoms with Crippen molar-refractivity contribution in [3.05, 3.63) is 66.1 Å². The number of hydrogen-bond donors (Lipinski definition) is 1. The molecule has 0 spiro atoms. The topological polar surface area (TPSA) is 80.1 Å². The lowest BCUT2D eigenvalue weighted by Crippen LogP contribution is -2.29. The van der Waals surface area contributed by atoms with E-state index < -0.39 is 10.0 Å². The van der Waals surface area contributed by atoms with Crippen molar-refractivity contribution in [1.29, 1.82) is 0 Å². The monoisotopic (exact) mass is 415 g/mol. The second kappa shape index (κ2) is 7.57. The predicted octanol–water partition coefficient (Wildman–Crippen LogP) is 3.18. The summed E-state index contributed by atoms with van der Waals surface area (Å²) in [5.41, 5.74) is 3.08. The standard InChI is InChI=1S/C20H22FN5O2S/c1-14-8-18(24-17-5-3-4-16(21)9-17)10-19(23-14)15-6-7-26(11-15)29(27,28)20-12-25(2)13-22-20/h3-5,8-10,12-13,15H,6-7,11H2,1-2H3,(H,23,24). The summed E-state index contributed by atoms with van der Waals surface area (Å²) in [7, 11) is -1.88. The first-order chi connectivity index (χ1) is 13.8. The molecule has 1 fully saturated rings. The predicted molar refractivity (Wildman–Crippen MR) is 108 cm³/mol. The van der Waals surface area contributed by atoms with E-state index in [0.717, 1.165) is 17.1 Å². The van der Waals surface area contributed by atoms with Crippen LogP contribution in [0.2, 0.25) is 0 Å². The summed E-state index contributed by atoms with van der Waals surface area (Å²) in [5.74, 6) is -0.325. The molecule has 1 aliphatic heterocycles. The highest BCUT2D eigenvalue weighted by Gasteiger charge is 2.35. The molecule has 0 saturated carbocycles. The number of anilines is 2. The first-order valence-electron chi connectivity index (χ1n) is 9.30. The lowest BCUT2D eigenvalue weighted by molar-refractivity contribution is 0.469. The molecular formula is C20H22FN5O2S. The zero-order valence-electron chi connectivity index (χ0n) is 16.2. The molecule has 1 atom stereocenters. The highest BCUT2D eigenvalue weighted by Crippen LogP contribution is 2.31. The van der Waals surface area contributed by atoms with Gasteiger partial charge in [-0.3, -0.25) is 4.98 Å². The molecule has 0 aliphatic carbocycles. The largest absolute Gasteiger partial charge is 0.355 e. The van der Waals surface area contributed by atoms with Gasteiger partial charge in [0.2, 0.25) is 0 Å². The molecule has 0 radical (unpaired) electrons. The molecule has 3 heterocycles. The SMILES string of the molecule is Cc1cc(Nc2cccc(F)c2)cc(C2CCN(S(=O)(=O)c3cn(C)cn3)C2)n1. The number of rotatable bonds is 5. The molecule has 4 rings (SSSR count). The number of pyridine rings is 1. The van der Waals surface area contributed by atoms with Gasteiger partial charge in [-0.1, -0.05) is 6.07 Å². The van der Waals surface area contributed by atoms with Crippen LogP contribution in [0.4, 0.5) is 15.8 Å². The molecule has 0 amide bonds. The van der Waals surface area contributed by atoms with Gasteiger partial charge in [0.1, 0.15) is 5.82 Å². The van der Waals surface area contributed by atoms with Crippen LogP contribution in [0.3, 0.4) is 0 Å². The van der Waals surface area contributed by atoms with Crippen LogP contribution in [0.25, 0.3) is 0 Å². The molecular weight excluding hydrogens is 393 g/mol.